The lowest BCUT2D eigenvalue weighted by atomic mass is 9.83. The number of hydrogen-bond acceptors (Lipinski definition) is 3. The molecule has 5 nitrogen and oxygen atoms in total. The molecule has 2 fully saturated rings. The molecule has 5 heteroatoms. The number of pyridine rings is 1. The summed E-state index contributed by atoms with van der Waals surface area (Å²) in [5.41, 5.74) is 1.31. The molecule has 0 radical (unpaired) electrons. The van der Waals surface area contributed by atoms with Crippen LogP contribution >= 0.6 is 0 Å². The normalized spacial score (nSPS) is 31.1. The van der Waals surface area contributed by atoms with Crippen molar-refractivity contribution in [1.29, 1.82) is 0 Å². The lowest BCUT2D eigenvalue weighted by Gasteiger charge is -2.42. The van der Waals surface area contributed by atoms with Gasteiger partial charge in [-0.1, -0.05) is 12.1 Å². The summed E-state index contributed by atoms with van der Waals surface area (Å²) >= 11 is 0. The van der Waals surface area contributed by atoms with E-state index < -0.39 is 0 Å². The molecule has 2 bridgehead atoms. The van der Waals surface area contributed by atoms with Gasteiger partial charge in [-0.05, 0) is 51.5 Å². The highest BCUT2D eigenvalue weighted by atomic mass is 16.2. The SMILES string of the molecule is CC1CCCC(C)N1C(=O)C=CCN1CC2CC(C1)c1cccc(=O)n1C2. The Morgan fingerprint density at radius 2 is 1.93 bits per heavy atom. The van der Waals surface area contributed by atoms with Crippen LogP contribution in [0.1, 0.15) is 51.1 Å². The average Bonchev–Trinajstić information content (AvgIpc) is 2.62. The van der Waals surface area contributed by atoms with Gasteiger partial charge < -0.3 is 9.47 Å². The van der Waals surface area contributed by atoms with Crippen molar-refractivity contribution >= 4 is 5.91 Å². The average molecular weight is 370 g/mol. The minimum Gasteiger partial charge on any atom is -0.334 e. The lowest BCUT2D eigenvalue weighted by Crippen LogP contribution is -2.47. The van der Waals surface area contributed by atoms with E-state index in [0.717, 1.165) is 39.0 Å². The standard InChI is InChI=1S/C22H31N3O2/c1-16-6-3-7-17(2)25(16)22(27)10-5-11-23-13-18-12-19(15-23)20-8-4-9-21(26)24(20)14-18/h4-5,8-10,16-19H,3,6-7,11-15H2,1-2H3. The monoisotopic (exact) mass is 369 g/mol. The number of amides is 1. The van der Waals surface area contributed by atoms with Crippen LogP contribution in [0.3, 0.4) is 0 Å². The first-order valence-electron chi connectivity index (χ1n) is 10.4. The second kappa shape index (κ2) is 7.63. The molecule has 0 aromatic carbocycles. The first kappa shape index (κ1) is 18.5. The molecule has 0 N–H and O–H groups in total. The van der Waals surface area contributed by atoms with Gasteiger partial charge in [0.2, 0.25) is 5.91 Å². The number of likely N-dealkylation sites (tertiary alicyclic amines) is 2. The van der Waals surface area contributed by atoms with E-state index in [1.54, 1.807) is 12.1 Å². The maximum atomic E-state index is 12.6. The molecule has 1 aromatic heterocycles. The maximum Gasteiger partial charge on any atom is 0.250 e. The number of rotatable bonds is 3. The first-order chi connectivity index (χ1) is 13.0. The number of carbonyl (C=O) groups excluding carboxylic acids is 1. The summed E-state index contributed by atoms with van der Waals surface area (Å²) in [5.74, 6) is 1.11. The van der Waals surface area contributed by atoms with Crippen LogP contribution < -0.4 is 5.56 Å². The van der Waals surface area contributed by atoms with Crippen LogP contribution in [0.4, 0.5) is 0 Å². The van der Waals surface area contributed by atoms with Crippen LogP contribution in [-0.4, -0.2) is 52.0 Å². The number of nitrogens with zero attached hydrogens (tertiary/aromatic N) is 3. The topological polar surface area (TPSA) is 45.6 Å². The van der Waals surface area contributed by atoms with Crippen molar-refractivity contribution in [1.82, 2.24) is 14.4 Å². The zero-order valence-corrected chi connectivity index (χ0v) is 16.5. The summed E-state index contributed by atoms with van der Waals surface area (Å²) in [7, 11) is 0. The number of hydrogen-bond donors (Lipinski definition) is 0. The van der Waals surface area contributed by atoms with Gasteiger partial charge >= 0.3 is 0 Å². The van der Waals surface area contributed by atoms with Crippen LogP contribution in [0.2, 0.25) is 0 Å². The minimum absolute atomic E-state index is 0.130. The summed E-state index contributed by atoms with van der Waals surface area (Å²) < 4.78 is 1.97. The van der Waals surface area contributed by atoms with E-state index in [1.165, 1.54) is 18.5 Å². The Labute approximate surface area is 161 Å². The Hall–Kier alpha value is -1.88. The molecule has 2 saturated heterocycles. The minimum atomic E-state index is 0.130. The Morgan fingerprint density at radius 1 is 1.15 bits per heavy atom. The van der Waals surface area contributed by atoms with Crippen LogP contribution in [0.25, 0.3) is 0 Å². The second-order valence-corrected chi connectivity index (χ2v) is 8.69. The molecule has 0 saturated carbocycles. The molecule has 1 amide bonds. The largest absolute Gasteiger partial charge is 0.334 e. The fourth-order valence-electron chi connectivity index (χ4n) is 5.39. The van der Waals surface area contributed by atoms with Gasteiger partial charge in [0.25, 0.3) is 5.56 Å². The first-order valence-corrected chi connectivity index (χ1v) is 10.4. The highest BCUT2D eigenvalue weighted by molar-refractivity contribution is 5.88. The fraction of sp³-hybridized carbons (Fsp3) is 0.636. The van der Waals surface area contributed by atoms with E-state index in [-0.39, 0.29) is 11.5 Å². The Morgan fingerprint density at radius 3 is 2.70 bits per heavy atom. The van der Waals surface area contributed by atoms with Gasteiger partial charge in [0.1, 0.15) is 0 Å². The highest BCUT2D eigenvalue weighted by Crippen LogP contribution is 2.34. The van der Waals surface area contributed by atoms with E-state index >= 15 is 0 Å². The van der Waals surface area contributed by atoms with Gasteiger partial charge in [-0.25, -0.2) is 0 Å². The van der Waals surface area contributed by atoms with Gasteiger partial charge in [0, 0.05) is 62.0 Å². The number of aromatic nitrogens is 1. The fourth-order valence-corrected chi connectivity index (χ4v) is 5.39. The lowest BCUT2D eigenvalue weighted by molar-refractivity contribution is -0.131. The molecule has 4 heterocycles. The van der Waals surface area contributed by atoms with Crippen LogP contribution in [0.15, 0.2) is 35.1 Å². The van der Waals surface area contributed by atoms with Crippen molar-refractivity contribution in [3.63, 3.8) is 0 Å². The van der Waals surface area contributed by atoms with E-state index in [2.05, 4.69) is 24.8 Å². The highest BCUT2D eigenvalue weighted by Gasteiger charge is 2.34. The van der Waals surface area contributed by atoms with Crippen molar-refractivity contribution in [2.75, 3.05) is 19.6 Å². The van der Waals surface area contributed by atoms with Gasteiger partial charge in [-0.15, -0.1) is 0 Å². The quantitative estimate of drug-likeness (QED) is 0.770. The smallest absolute Gasteiger partial charge is 0.250 e. The summed E-state index contributed by atoms with van der Waals surface area (Å²) in [6.45, 7) is 7.93. The number of fused-ring (bicyclic) bond motifs is 4. The molecule has 4 atom stereocenters. The molecular weight excluding hydrogens is 338 g/mol. The van der Waals surface area contributed by atoms with Crippen molar-refractivity contribution in [3.8, 4) is 0 Å². The van der Waals surface area contributed by atoms with Gasteiger partial charge in [-0.2, -0.15) is 0 Å². The maximum absolute atomic E-state index is 12.6. The molecule has 3 aliphatic rings. The van der Waals surface area contributed by atoms with Gasteiger partial charge in [-0.3, -0.25) is 14.5 Å². The summed E-state index contributed by atoms with van der Waals surface area (Å²) in [6.07, 6.45) is 8.43. The summed E-state index contributed by atoms with van der Waals surface area (Å²) in [4.78, 5) is 29.2. The number of carbonyl (C=O) groups is 1. The Kier molecular flexibility index (Phi) is 5.22. The van der Waals surface area contributed by atoms with Crippen molar-refractivity contribution in [2.24, 2.45) is 5.92 Å². The third-order valence-corrected chi connectivity index (χ3v) is 6.63. The molecule has 146 valence electrons. The predicted octanol–water partition coefficient (Wildman–Crippen LogP) is 2.61. The molecule has 3 aliphatic heterocycles. The summed E-state index contributed by atoms with van der Waals surface area (Å²) in [5, 5.41) is 0. The van der Waals surface area contributed by atoms with Crippen molar-refractivity contribution in [3.05, 3.63) is 46.4 Å². The summed E-state index contributed by atoms with van der Waals surface area (Å²) in [6, 6.07) is 6.33. The molecule has 4 rings (SSSR count). The zero-order chi connectivity index (χ0) is 19.0. The molecule has 0 aliphatic carbocycles. The Balaban J connectivity index is 1.38. The molecule has 27 heavy (non-hydrogen) atoms. The molecule has 4 unspecified atom stereocenters. The van der Waals surface area contributed by atoms with E-state index in [9.17, 15) is 9.59 Å². The predicted molar refractivity (Wildman–Crippen MR) is 107 cm³/mol. The third kappa shape index (κ3) is 3.75. The van der Waals surface area contributed by atoms with E-state index in [0.29, 0.717) is 23.9 Å². The van der Waals surface area contributed by atoms with Crippen LogP contribution in [-0.2, 0) is 11.3 Å². The van der Waals surface area contributed by atoms with E-state index in [1.807, 2.05) is 21.6 Å². The van der Waals surface area contributed by atoms with Crippen molar-refractivity contribution in [2.45, 2.75) is 64.1 Å². The van der Waals surface area contributed by atoms with Gasteiger partial charge in [0.15, 0.2) is 0 Å². The Bertz CT molecular complexity index is 774. The molecular formula is C22H31N3O2. The van der Waals surface area contributed by atoms with Crippen molar-refractivity contribution < 1.29 is 4.79 Å². The van der Waals surface area contributed by atoms with Crippen LogP contribution in [0, 0.1) is 5.92 Å². The number of piperidine rings is 2. The third-order valence-electron chi connectivity index (χ3n) is 6.63. The molecule has 1 aromatic rings. The zero-order valence-electron chi connectivity index (χ0n) is 16.5. The molecule has 0 spiro atoms. The van der Waals surface area contributed by atoms with Gasteiger partial charge in [0.05, 0.1) is 0 Å². The van der Waals surface area contributed by atoms with Crippen LogP contribution in [0.5, 0.6) is 0 Å². The second-order valence-electron chi connectivity index (χ2n) is 8.69. The van der Waals surface area contributed by atoms with E-state index in [4.69, 9.17) is 0 Å².